The molecule has 0 spiro atoms. The molecule has 8 heteroatoms. The van der Waals surface area contributed by atoms with Crippen LogP contribution in [0.5, 0.6) is 0 Å². The lowest BCUT2D eigenvalue weighted by Gasteiger charge is -2.18. The highest BCUT2D eigenvalue weighted by Crippen LogP contribution is 2.38. The molecule has 0 bridgehead atoms. The number of ether oxygens (including phenoxy) is 4. The average Bonchev–Trinajstić information content (AvgIpc) is 2.94. The van der Waals surface area contributed by atoms with Gasteiger partial charge in [-0.25, -0.2) is 9.59 Å². The van der Waals surface area contributed by atoms with E-state index in [9.17, 15) is 14.7 Å². The van der Waals surface area contributed by atoms with Gasteiger partial charge in [-0.2, -0.15) is 0 Å². The van der Waals surface area contributed by atoms with Gasteiger partial charge in [0.05, 0.1) is 39.1 Å². The molecular formula is C15H26O8. The normalized spacial score (nSPS) is 24.8. The van der Waals surface area contributed by atoms with Gasteiger partial charge in [-0.15, -0.1) is 0 Å². The van der Waals surface area contributed by atoms with E-state index in [2.05, 4.69) is 0 Å². The van der Waals surface area contributed by atoms with Crippen molar-refractivity contribution < 1.29 is 38.7 Å². The minimum atomic E-state index is -0.840. The fourth-order valence-electron chi connectivity index (χ4n) is 2.80. The molecule has 0 heterocycles. The first-order valence-electron chi connectivity index (χ1n) is 7.89. The van der Waals surface area contributed by atoms with Crippen LogP contribution in [-0.2, 0) is 18.9 Å². The van der Waals surface area contributed by atoms with Gasteiger partial charge in [-0.1, -0.05) is 0 Å². The van der Waals surface area contributed by atoms with E-state index in [-0.39, 0.29) is 50.8 Å². The molecule has 1 fully saturated rings. The van der Waals surface area contributed by atoms with Crippen molar-refractivity contribution in [2.24, 2.45) is 17.8 Å². The lowest BCUT2D eigenvalue weighted by atomic mass is 9.98. The van der Waals surface area contributed by atoms with Crippen LogP contribution in [0.1, 0.15) is 26.7 Å². The number of aliphatic hydroxyl groups excluding tert-OH is 2. The molecule has 2 N–H and O–H groups in total. The zero-order chi connectivity index (χ0) is 17.2. The van der Waals surface area contributed by atoms with E-state index >= 15 is 0 Å². The third kappa shape index (κ3) is 6.62. The van der Waals surface area contributed by atoms with Crippen LogP contribution in [0, 0.1) is 17.8 Å². The second kappa shape index (κ2) is 10.3. The molecule has 1 saturated carbocycles. The summed E-state index contributed by atoms with van der Waals surface area (Å²) in [6, 6.07) is 0. The molecule has 134 valence electrons. The van der Waals surface area contributed by atoms with Gasteiger partial charge >= 0.3 is 12.3 Å². The van der Waals surface area contributed by atoms with Crippen LogP contribution >= 0.6 is 0 Å². The number of carbonyl (C=O) groups is 2. The zero-order valence-corrected chi connectivity index (χ0v) is 13.6. The first kappa shape index (κ1) is 19.5. The van der Waals surface area contributed by atoms with Gasteiger partial charge in [0.1, 0.15) is 0 Å². The molecule has 0 saturated heterocycles. The fourth-order valence-corrected chi connectivity index (χ4v) is 2.80. The minimum absolute atomic E-state index is 0.0833. The van der Waals surface area contributed by atoms with Gasteiger partial charge in [0.15, 0.2) is 0 Å². The van der Waals surface area contributed by atoms with Gasteiger partial charge in [-0.3, -0.25) is 0 Å². The van der Waals surface area contributed by atoms with Crippen LogP contribution in [0.3, 0.4) is 0 Å². The van der Waals surface area contributed by atoms with E-state index in [4.69, 9.17) is 24.1 Å². The Kier molecular flexibility index (Phi) is 8.71. The van der Waals surface area contributed by atoms with E-state index < -0.39 is 18.4 Å². The molecule has 3 atom stereocenters. The van der Waals surface area contributed by atoms with E-state index in [0.717, 1.165) is 0 Å². The molecule has 0 aromatic carbocycles. The first-order chi connectivity index (χ1) is 11.0. The van der Waals surface area contributed by atoms with E-state index in [0.29, 0.717) is 12.8 Å². The molecule has 0 aromatic heterocycles. The predicted octanol–water partition coefficient (Wildman–Crippen LogP) is 1.33. The molecule has 1 rings (SSSR count). The molecule has 0 aliphatic heterocycles. The molecule has 8 nitrogen and oxygen atoms in total. The summed E-state index contributed by atoms with van der Waals surface area (Å²) in [6.45, 7) is 3.71. The Bertz CT molecular complexity index is 342. The van der Waals surface area contributed by atoms with Crippen molar-refractivity contribution in [3.63, 3.8) is 0 Å². The maximum absolute atomic E-state index is 11.3. The third-order valence-electron chi connectivity index (χ3n) is 3.96. The van der Waals surface area contributed by atoms with Crippen LogP contribution in [0.25, 0.3) is 0 Å². The topological polar surface area (TPSA) is 112 Å². The molecule has 0 aromatic rings. The van der Waals surface area contributed by atoms with Crippen LogP contribution in [0.2, 0.25) is 0 Å². The number of rotatable bonds is 8. The van der Waals surface area contributed by atoms with E-state index in [1.54, 1.807) is 13.8 Å². The number of carbonyl (C=O) groups excluding carboxylic acids is 2. The molecule has 0 radical (unpaired) electrons. The average molecular weight is 334 g/mol. The molecule has 1 aliphatic rings. The second-order valence-electron chi connectivity index (χ2n) is 5.49. The van der Waals surface area contributed by atoms with E-state index in [1.165, 1.54) is 0 Å². The van der Waals surface area contributed by atoms with Gasteiger partial charge in [0.2, 0.25) is 0 Å². The molecule has 3 unspecified atom stereocenters. The minimum Gasteiger partial charge on any atom is -0.435 e. The summed E-state index contributed by atoms with van der Waals surface area (Å²) in [6.07, 6.45) is -1.20. The summed E-state index contributed by atoms with van der Waals surface area (Å²) in [7, 11) is 0. The number of hydrogen-bond donors (Lipinski definition) is 2. The van der Waals surface area contributed by atoms with Gasteiger partial charge in [0.25, 0.3) is 0 Å². The third-order valence-corrected chi connectivity index (χ3v) is 3.96. The SMILES string of the molecule is CCOC(=O)OCC1CC(C(O)CO)CC1COC(=O)OCC. The highest BCUT2D eigenvalue weighted by atomic mass is 16.7. The first-order valence-corrected chi connectivity index (χ1v) is 7.89. The molecular weight excluding hydrogens is 308 g/mol. The Morgan fingerprint density at radius 1 is 0.957 bits per heavy atom. The van der Waals surface area contributed by atoms with Gasteiger partial charge in [-0.05, 0) is 44.4 Å². The molecule has 23 heavy (non-hydrogen) atoms. The predicted molar refractivity (Wildman–Crippen MR) is 78.7 cm³/mol. The molecule has 1 aliphatic carbocycles. The number of hydrogen-bond acceptors (Lipinski definition) is 8. The maximum Gasteiger partial charge on any atom is 0.508 e. The van der Waals surface area contributed by atoms with Crippen molar-refractivity contribution in [3.8, 4) is 0 Å². The summed E-state index contributed by atoms with van der Waals surface area (Å²) in [4.78, 5) is 22.6. The van der Waals surface area contributed by atoms with Crippen LogP contribution in [0.15, 0.2) is 0 Å². The van der Waals surface area contributed by atoms with Crippen molar-refractivity contribution >= 4 is 12.3 Å². The van der Waals surface area contributed by atoms with Crippen molar-refractivity contribution in [1.82, 2.24) is 0 Å². The smallest absolute Gasteiger partial charge is 0.435 e. The Morgan fingerprint density at radius 2 is 1.39 bits per heavy atom. The Balaban J connectivity index is 2.54. The Hall–Kier alpha value is -1.54. The van der Waals surface area contributed by atoms with Crippen LogP contribution in [-0.4, -0.2) is 61.7 Å². The monoisotopic (exact) mass is 334 g/mol. The fraction of sp³-hybridized carbons (Fsp3) is 0.867. The van der Waals surface area contributed by atoms with Crippen LogP contribution in [0.4, 0.5) is 9.59 Å². The largest absolute Gasteiger partial charge is 0.508 e. The highest BCUT2D eigenvalue weighted by molar-refractivity contribution is 5.60. The lowest BCUT2D eigenvalue weighted by molar-refractivity contribution is 0.0222. The summed E-state index contributed by atoms with van der Waals surface area (Å²) in [5.41, 5.74) is 0. The highest BCUT2D eigenvalue weighted by Gasteiger charge is 2.39. The summed E-state index contributed by atoms with van der Waals surface area (Å²) >= 11 is 0. The van der Waals surface area contributed by atoms with Crippen LogP contribution < -0.4 is 0 Å². The lowest BCUT2D eigenvalue weighted by Crippen LogP contribution is -2.23. The Morgan fingerprint density at radius 3 is 1.74 bits per heavy atom. The van der Waals surface area contributed by atoms with Gasteiger partial charge in [0, 0.05) is 0 Å². The Labute approximate surface area is 135 Å². The quantitative estimate of drug-likeness (QED) is 0.639. The summed E-state index contributed by atoms with van der Waals surface area (Å²) in [5.74, 6) is -0.299. The standard InChI is InChI=1S/C15H26O8/c1-3-20-14(18)22-8-11-5-10(13(17)7-16)6-12(11)9-23-15(19)21-4-2/h10-13,16-17H,3-9H2,1-2H3. The zero-order valence-electron chi connectivity index (χ0n) is 13.6. The van der Waals surface area contributed by atoms with Crippen molar-refractivity contribution in [2.75, 3.05) is 33.0 Å². The molecule has 0 amide bonds. The van der Waals surface area contributed by atoms with Crippen molar-refractivity contribution in [2.45, 2.75) is 32.8 Å². The maximum atomic E-state index is 11.3. The van der Waals surface area contributed by atoms with Crippen molar-refractivity contribution in [3.05, 3.63) is 0 Å². The number of aliphatic hydroxyl groups is 2. The van der Waals surface area contributed by atoms with E-state index in [1.807, 2.05) is 0 Å². The summed E-state index contributed by atoms with van der Waals surface area (Å²) in [5, 5.41) is 18.9. The second-order valence-corrected chi connectivity index (χ2v) is 5.49. The van der Waals surface area contributed by atoms with Crippen molar-refractivity contribution in [1.29, 1.82) is 0 Å². The van der Waals surface area contributed by atoms with Gasteiger partial charge < -0.3 is 29.2 Å². The summed E-state index contributed by atoms with van der Waals surface area (Å²) < 4.78 is 19.5.